The van der Waals surface area contributed by atoms with Gasteiger partial charge in [0.05, 0.1) is 5.69 Å². The number of benzene rings is 3. The van der Waals surface area contributed by atoms with Crippen molar-refractivity contribution >= 4 is 28.6 Å². The van der Waals surface area contributed by atoms with Crippen LogP contribution in [-0.4, -0.2) is 23.2 Å². The van der Waals surface area contributed by atoms with E-state index in [0.29, 0.717) is 12.1 Å². The number of H-pyrrole nitrogens is 1. The molecule has 0 aliphatic rings. The van der Waals surface area contributed by atoms with Gasteiger partial charge < -0.3 is 10.3 Å². The highest BCUT2D eigenvalue weighted by atomic mass is 32.2. The van der Waals surface area contributed by atoms with Crippen LogP contribution < -0.4 is 5.32 Å². The molecule has 0 aliphatic heterocycles. The third-order valence-electron chi connectivity index (χ3n) is 4.91. The highest BCUT2D eigenvalue weighted by Crippen LogP contribution is 2.37. The van der Waals surface area contributed by atoms with Gasteiger partial charge in [-0.15, -0.1) is 11.8 Å². The van der Waals surface area contributed by atoms with Crippen LogP contribution in [-0.2, 0) is 0 Å². The fourth-order valence-corrected chi connectivity index (χ4v) is 4.45. The summed E-state index contributed by atoms with van der Waals surface area (Å²) in [6, 6.07) is 24.6. The summed E-state index contributed by atoms with van der Waals surface area (Å²) < 4.78 is 0. The van der Waals surface area contributed by atoms with E-state index >= 15 is 0 Å². The number of amides is 1. The molecule has 0 spiro atoms. The number of hydrogen-bond acceptors (Lipinski definition) is 2. The van der Waals surface area contributed by atoms with Crippen molar-refractivity contribution in [2.45, 2.75) is 18.7 Å². The maximum atomic E-state index is 12.4. The van der Waals surface area contributed by atoms with Crippen LogP contribution in [0, 0.1) is 13.8 Å². The van der Waals surface area contributed by atoms with Crippen LogP contribution in [0.4, 0.5) is 0 Å². The largest absolute Gasteiger partial charge is 0.354 e. The lowest BCUT2D eigenvalue weighted by atomic mass is 10.1. The summed E-state index contributed by atoms with van der Waals surface area (Å²) in [5.41, 5.74) is 6.50. The molecular formula is C25H24N2OS. The Morgan fingerprint density at radius 1 is 0.931 bits per heavy atom. The number of hydrogen-bond donors (Lipinski definition) is 2. The van der Waals surface area contributed by atoms with E-state index in [1.807, 2.05) is 37.3 Å². The number of aryl methyl sites for hydroxylation is 2. The van der Waals surface area contributed by atoms with Crippen LogP contribution in [0.2, 0.25) is 0 Å². The average Bonchev–Trinajstić information content (AvgIpc) is 3.10. The Morgan fingerprint density at radius 2 is 1.72 bits per heavy atom. The first-order valence-corrected chi connectivity index (χ1v) is 10.8. The van der Waals surface area contributed by atoms with Gasteiger partial charge in [0.25, 0.3) is 5.91 Å². The van der Waals surface area contributed by atoms with Gasteiger partial charge >= 0.3 is 0 Å². The molecule has 4 rings (SSSR count). The molecule has 146 valence electrons. The predicted molar refractivity (Wildman–Crippen MR) is 123 cm³/mol. The zero-order chi connectivity index (χ0) is 20.2. The fourth-order valence-electron chi connectivity index (χ4n) is 3.40. The first-order valence-electron chi connectivity index (χ1n) is 9.77. The van der Waals surface area contributed by atoms with Crippen molar-refractivity contribution in [1.82, 2.24) is 10.3 Å². The maximum absolute atomic E-state index is 12.4. The van der Waals surface area contributed by atoms with Crippen molar-refractivity contribution in [2.24, 2.45) is 0 Å². The third-order valence-corrected chi connectivity index (χ3v) is 6.03. The van der Waals surface area contributed by atoms with E-state index in [2.05, 4.69) is 59.7 Å². The zero-order valence-corrected chi connectivity index (χ0v) is 17.5. The molecule has 0 bridgehead atoms. The van der Waals surface area contributed by atoms with E-state index in [0.717, 1.165) is 22.5 Å². The second kappa shape index (κ2) is 8.58. The predicted octanol–water partition coefficient (Wildman–Crippen LogP) is 5.97. The topological polar surface area (TPSA) is 44.9 Å². The van der Waals surface area contributed by atoms with Crippen molar-refractivity contribution in [2.75, 3.05) is 12.3 Å². The lowest BCUT2D eigenvalue weighted by Gasteiger charge is -2.08. The van der Waals surface area contributed by atoms with E-state index in [1.54, 1.807) is 11.8 Å². The van der Waals surface area contributed by atoms with Crippen LogP contribution >= 0.6 is 11.8 Å². The quantitative estimate of drug-likeness (QED) is 0.309. The monoisotopic (exact) mass is 400 g/mol. The third kappa shape index (κ3) is 4.38. The zero-order valence-electron chi connectivity index (χ0n) is 16.7. The molecule has 2 N–H and O–H groups in total. The standard InChI is InChI=1S/C25H24N2OS/c1-17-10-12-19(13-11-17)23-24(21-8-3-4-9-22(21)27-23)29-15-14-26-25(28)20-7-5-6-18(2)16-20/h3-13,16,27H,14-15H2,1-2H3,(H,26,28). The number of nitrogens with one attached hydrogen (secondary N) is 2. The fraction of sp³-hybridized carbons (Fsp3) is 0.160. The lowest BCUT2D eigenvalue weighted by Crippen LogP contribution is -2.25. The highest BCUT2D eigenvalue weighted by Gasteiger charge is 2.14. The number of carbonyl (C=O) groups excluding carboxylic acids is 1. The normalized spacial score (nSPS) is 11.0. The Hall–Kier alpha value is -2.98. The van der Waals surface area contributed by atoms with Crippen molar-refractivity contribution in [3.63, 3.8) is 0 Å². The first-order chi connectivity index (χ1) is 14.1. The SMILES string of the molecule is Cc1ccc(-c2[nH]c3ccccc3c2SCCNC(=O)c2cccc(C)c2)cc1. The van der Waals surface area contributed by atoms with E-state index in [1.165, 1.54) is 21.4 Å². The minimum Gasteiger partial charge on any atom is -0.354 e. The molecule has 29 heavy (non-hydrogen) atoms. The second-order valence-corrected chi connectivity index (χ2v) is 8.32. The number of aromatic amines is 1. The van der Waals surface area contributed by atoms with Gasteiger partial charge in [-0.2, -0.15) is 0 Å². The van der Waals surface area contributed by atoms with Gasteiger partial charge in [-0.3, -0.25) is 4.79 Å². The Bertz CT molecular complexity index is 1150. The summed E-state index contributed by atoms with van der Waals surface area (Å²) in [6.07, 6.45) is 0. The molecule has 0 fully saturated rings. The molecule has 0 atom stereocenters. The summed E-state index contributed by atoms with van der Waals surface area (Å²) in [6.45, 7) is 4.71. The van der Waals surface area contributed by atoms with Crippen LogP contribution in [0.15, 0.2) is 77.7 Å². The Morgan fingerprint density at radius 3 is 2.52 bits per heavy atom. The Labute approximate surface area is 175 Å². The van der Waals surface area contributed by atoms with Crippen LogP contribution in [0.5, 0.6) is 0 Å². The summed E-state index contributed by atoms with van der Waals surface area (Å²) >= 11 is 1.78. The molecule has 1 amide bonds. The molecule has 0 unspecified atom stereocenters. The number of para-hydroxylation sites is 1. The van der Waals surface area contributed by atoms with Crippen molar-refractivity contribution in [1.29, 1.82) is 0 Å². The molecular weight excluding hydrogens is 376 g/mol. The number of thioether (sulfide) groups is 1. The number of fused-ring (bicyclic) bond motifs is 1. The Balaban J connectivity index is 1.49. The van der Waals surface area contributed by atoms with E-state index < -0.39 is 0 Å². The van der Waals surface area contributed by atoms with E-state index in [4.69, 9.17) is 0 Å². The smallest absolute Gasteiger partial charge is 0.251 e. The van der Waals surface area contributed by atoms with Gasteiger partial charge in [-0.25, -0.2) is 0 Å². The molecule has 0 saturated heterocycles. The van der Waals surface area contributed by atoms with Crippen LogP contribution in [0.25, 0.3) is 22.2 Å². The first kappa shape index (κ1) is 19.3. The molecule has 0 radical (unpaired) electrons. The average molecular weight is 401 g/mol. The summed E-state index contributed by atoms with van der Waals surface area (Å²) in [7, 11) is 0. The van der Waals surface area contributed by atoms with Crippen molar-refractivity contribution < 1.29 is 4.79 Å². The van der Waals surface area contributed by atoms with Crippen LogP contribution in [0.3, 0.4) is 0 Å². The van der Waals surface area contributed by atoms with Crippen LogP contribution in [0.1, 0.15) is 21.5 Å². The molecule has 0 saturated carbocycles. The number of carbonyl (C=O) groups is 1. The van der Waals surface area contributed by atoms with Gasteiger partial charge in [0.1, 0.15) is 0 Å². The molecule has 4 aromatic rings. The van der Waals surface area contributed by atoms with Crippen molar-refractivity contribution in [3.05, 3.63) is 89.5 Å². The molecule has 3 nitrogen and oxygen atoms in total. The minimum absolute atomic E-state index is 0.0213. The minimum atomic E-state index is -0.0213. The van der Waals surface area contributed by atoms with Crippen molar-refractivity contribution in [3.8, 4) is 11.3 Å². The summed E-state index contributed by atoms with van der Waals surface area (Å²) in [5, 5.41) is 4.25. The van der Waals surface area contributed by atoms with E-state index in [9.17, 15) is 4.79 Å². The van der Waals surface area contributed by atoms with E-state index in [-0.39, 0.29) is 5.91 Å². The van der Waals surface area contributed by atoms with Gasteiger partial charge in [-0.1, -0.05) is 65.7 Å². The lowest BCUT2D eigenvalue weighted by molar-refractivity contribution is 0.0956. The summed E-state index contributed by atoms with van der Waals surface area (Å²) in [5.74, 6) is 0.783. The Kier molecular flexibility index (Phi) is 5.72. The van der Waals surface area contributed by atoms with Gasteiger partial charge in [0, 0.05) is 33.7 Å². The summed E-state index contributed by atoms with van der Waals surface area (Å²) in [4.78, 5) is 17.2. The van der Waals surface area contributed by atoms with Gasteiger partial charge in [0.15, 0.2) is 0 Å². The number of aromatic nitrogens is 1. The molecule has 1 aromatic heterocycles. The van der Waals surface area contributed by atoms with Gasteiger partial charge in [-0.05, 0) is 37.6 Å². The second-order valence-electron chi connectivity index (χ2n) is 7.21. The van der Waals surface area contributed by atoms with Gasteiger partial charge in [0.2, 0.25) is 0 Å². The maximum Gasteiger partial charge on any atom is 0.251 e. The number of rotatable bonds is 6. The molecule has 1 heterocycles. The molecule has 4 heteroatoms. The molecule has 3 aromatic carbocycles. The highest BCUT2D eigenvalue weighted by molar-refractivity contribution is 7.99. The molecule has 0 aliphatic carbocycles.